The van der Waals surface area contributed by atoms with E-state index in [0.717, 1.165) is 13.0 Å². The number of benzene rings is 1. The smallest absolute Gasteiger partial charge is 0.241 e. The third-order valence-electron chi connectivity index (χ3n) is 3.66. The van der Waals surface area contributed by atoms with Crippen molar-refractivity contribution < 1.29 is 9.18 Å². The summed E-state index contributed by atoms with van der Waals surface area (Å²) in [6, 6.07) is 4.28. The maximum atomic E-state index is 13.1. The summed E-state index contributed by atoms with van der Waals surface area (Å²) in [5, 5.41) is 2.78. The fourth-order valence-electron chi connectivity index (χ4n) is 2.22. The van der Waals surface area contributed by atoms with Gasteiger partial charge in [0.25, 0.3) is 0 Å². The fraction of sp³-hybridized carbons (Fsp3) is 0.533. The monoisotopic (exact) mass is 281 g/mol. The van der Waals surface area contributed by atoms with Crippen LogP contribution in [-0.4, -0.2) is 29.4 Å². The summed E-state index contributed by atoms with van der Waals surface area (Å²) >= 11 is 0. The predicted octanol–water partition coefficient (Wildman–Crippen LogP) is 2.86. The number of hydrogen-bond acceptors (Lipinski definition) is 3. The summed E-state index contributed by atoms with van der Waals surface area (Å²) in [7, 11) is 0. The summed E-state index contributed by atoms with van der Waals surface area (Å²) < 4.78 is 13.1. The largest absolute Gasteiger partial charge is 0.396 e. The molecule has 0 saturated carbocycles. The fourth-order valence-corrected chi connectivity index (χ4v) is 2.22. The van der Waals surface area contributed by atoms with Gasteiger partial charge in [0.15, 0.2) is 0 Å². The standard InChI is InChI=1S/C15H24FN3O/c1-5-10(3)19(6-2)11(4)15(20)18-12-7-8-13(16)14(17)9-12/h7-11H,5-6,17H2,1-4H3,(H,18,20). The van der Waals surface area contributed by atoms with Crippen LogP contribution < -0.4 is 11.1 Å². The van der Waals surface area contributed by atoms with Crippen molar-refractivity contribution in [3.8, 4) is 0 Å². The normalized spacial score (nSPS) is 14.1. The molecule has 1 aromatic rings. The van der Waals surface area contributed by atoms with E-state index in [1.807, 2.05) is 13.8 Å². The van der Waals surface area contributed by atoms with Crippen LogP contribution in [0.5, 0.6) is 0 Å². The molecule has 0 saturated heterocycles. The number of hydrogen-bond donors (Lipinski definition) is 2. The van der Waals surface area contributed by atoms with Crippen LogP contribution in [0.2, 0.25) is 0 Å². The molecule has 5 heteroatoms. The molecule has 0 aromatic heterocycles. The third kappa shape index (κ3) is 3.93. The zero-order valence-electron chi connectivity index (χ0n) is 12.6. The van der Waals surface area contributed by atoms with Crippen LogP contribution in [0.4, 0.5) is 15.8 Å². The maximum Gasteiger partial charge on any atom is 0.241 e. The molecule has 1 amide bonds. The number of nitrogens with two attached hydrogens (primary N) is 1. The minimum absolute atomic E-state index is 0.0322. The third-order valence-corrected chi connectivity index (χ3v) is 3.66. The lowest BCUT2D eigenvalue weighted by molar-refractivity contribution is -0.121. The average molecular weight is 281 g/mol. The van der Waals surface area contributed by atoms with Crippen LogP contribution in [0.3, 0.4) is 0 Å². The van der Waals surface area contributed by atoms with E-state index in [2.05, 4.69) is 24.1 Å². The number of anilines is 2. The number of carbonyl (C=O) groups is 1. The highest BCUT2D eigenvalue weighted by Gasteiger charge is 2.23. The number of nitrogen functional groups attached to an aromatic ring is 1. The van der Waals surface area contributed by atoms with Crippen LogP contribution >= 0.6 is 0 Å². The molecule has 0 fully saturated rings. The molecule has 0 spiro atoms. The van der Waals surface area contributed by atoms with Crippen molar-refractivity contribution >= 4 is 17.3 Å². The number of nitrogens with zero attached hydrogens (tertiary/aromatic N) is 1. The SMILES string of the molecule is CCC(C)N(CC)C(C)C(=O)Nc1ccc(F)c(N)c1. The molecule has 0 heterocycles. The van der Waals surface area contributed by atoms with E-state index in [1.54, 1.807) is 0 Å². The van der Waals surface area contributed by atoms with Crippen LogP contribution in [0.15, 0.2) is 18.2 Å². The molecule has 20 heavy (non-hydrogen) atoms. The minimum Gasteiger partial charge on any atom is -0.396 e. The molecule has 112 valence electrons. The van der Waals surface area contributed by atoms with Gasteiger partial charge >= 0.3 is 0 Å². The van der Waals surface area contributed by atoms with E-state index >= 15 is 0 Å². The minimum atomic E-state index is -0.481. The van der Waals surface area contributed by atoms with Crippen molar-refractivity contribution in [3.63, 3.8) is 0 Å². The highest BCUT2D eigenvalue weighted by molar-refractivity contribution is 5.94. The van der Waals surface area contributed by atoms with Crippen molar-refractivity contribution in [2.75, 3.05) is 17.6 Å². The highest BCUT2D eigenvalue weighted by Crippen LogP contribution is 2.17. The molecular weight excluding hydrogens is 257 g/mol. The molecule has 1 aromatic carbocycles. The highest BCUT2D eigenvalue weighted by atomic mass is 19.1. The van der Waals surface area contributed by atoms with E-state index in [-0.39, 0.29) is 17.6 Å². The number of carbonyl (C=O) groups excluding carboxylic acids is 1. The molecule has 1 rings (SSSR count). The number of nitrogens with one attached hydrogen (secondary N) is 1. The van der Waals surface area contributed by atoms with Gasteiger partial charge in [-0.2, -0.15) is 0 Å². The van der Waals surface area contributed by atoms with E-state index < -0.39 is 5.82 Å². The summed E-state index contributed by atoms with van der Waals surface area (Å²) in [5.74, 6) is -0.594. The molecule has 3 N–H and O–H groups in total. The van der Waals surface area contributed by atoms with Crippen LogP contribution in [0, 0.1) is 5.82 Å². The van der Waals surface area contributed by atoms with Gasteiger partial charge in [0.05, 0.1) is 11.7 Å². The predicted molar refractivity (Wildman–Crippen MR) is 81.0 cm³/mol. The lowest BCUT2D eigenvalue weighted by Crippen LogP contribution is -2.46. The molecule has 0 radical (unpaired) electrons. The molecule has 4 nitrogen and oxygen atoms in total. The van der Waals surface area contributed by atoms with Crippen molar-refractivity contribution in [3.05, 3.63) is 24.0 Å². The van der Waals surface area contributed by atoms with Gasteiger partial charge in [-0.3, -0.25) is 9.69 Å². The molecule has 0 bridgehead atoms. The van der Waals surface area contributed by atoms with Crippen molar-refractivity contribution in [2.24, 2.45) is 0 Å². The van der Waals surface area contributed by atoms with E-state index in [1.165, 1.54) is 18.2 Å². The molecular formula is C15H24FN3O. The second-order valence-electron chi connectivity index (χ2n) is 4.99. The summed E-state index contributed by atoms with van der Waals surface area (Å²) in [5.41, 5.74) is 6.04. The van der Waals surface area contributed by atoms with Crippen LogP contribution in [0.25, 0.3) is 0 Å². The van der Waals surface area contributed by atoms with Crippen molar-refractivity contribution in [1.29, 1.82) is 0 Å². The second kappa shape index (κ2) is 7.24. The Morgan fingerprint density at radius 3 is 2.55 bits per heavy atom. The van der Waals surface area contributed by atoms with Crippen molar-refractivity contribution in [1.82, 2.24) is 4.90 Å². The van der Waals surface area contributed by atoms with Gasteiger partial charge in [-0.15, -0.1) is 0 Å². The molecule has 2 atom stereocenters. The Kier molecular flexibility index (Phi) is 5.95. The molecule has 0 aliphatic rings. The van der Waals surface area contributed by atoms with Gasteiger partial charge in [-0.1, -0.05) is 13.8 Å². The van der Waals surface area contributed by atoms with Gasteiger partial charge in [0, 0.05) is 11.7 Å². The van der Waals surface area contributed by atoms with Gasteiger partial charge in [0.2, 0.25) is 5.91 Å². The Balaban J connectivity index is 2.76. The van der Waals surface area contributed by atoms with Gasteiger partial charge in [0.1, 0.15) is 5.82 Å². The van der Waals surface area contributed by atoms with Crippen molar-refractivity contribution in [2.45, 2.75) is 46.2 Å². The Labute approximate surface area is 120 Å². The second-order valence-corrected chi connectivity index (χ2v) is 4.99. The number of rotatable bonds is 6. The topological polar surface area (TPSA) is 58.4 Å². The first kappa shape index (κ1) is 16.4. The first-order chi connectivity index (χ1) is 9.40. The maximum absolute atomic E-state index is 13.1. The molecule has 0 aliphatic carbocycles. The number of halogens is 1. The van der Waals surface area contributed by atoms with E-state index in [4.69, 9.17) is 5.73 Å². The Hall–Kier alpha value is -1.62. The Bertz CT molecular complexity index is 464. The number of likely N-dealkylation sites (N-methyl/N-ethyl adjacent to an activating group) is 1. The quantitative estimate of drug-likeness (QED) is 0.788. The zero-order chi connectivity index (χ0) is 15.3. The first-order valence-corrected chi connectivity index (χ1v) is 7.02. The Morgan fingerprint density at radius 1 is 1.40 bits per heavy atom. The summed E-state index contributed by atoms with van der Waals surface area (Å²) in [6.45, 7) is 8.90. The van der Waals surface area contributed by atoms with Gasteiger partial charge in [-0.05, 0) is 45.0 Å². The summed E-state index contributed by atoms with van der Waals surface area (Å²) in [6.07, 6.45) is 0.981. The first-order valence-electron chi connectivity index (χ1n) is 7.02. The van der Waals surface area contributed by atoms with Crippen LogP contribution in [-0.2, 0) is 4.79 Å². The lowest BCUT2D eigenvalue weighted by Gasteiger charge is -2.32. The summed E-state index contributed by atoms with van der Waals surface area (Å²) in [4.78, 5) is 14.4. The van der Waals surface area contributed by atoms with E-state index in [9.17, 15) is 9.18 Å². The Morgan fingerprint density at radius 2 is 2.05 bits per heavy atom. The number of amides is 1. The lowest BCUT2D eigenvalue weighted by atomic mass is 10.1. The molecule has 2 unspecified atom stereocenters. The van der Waals surface area contributed by atoms with Gasteiger partial charge in [-0.25, -0.2) is 4.39 Å². The van der Waals surface area contributed by atoms with Gasteiger partial charge < -0.3 is 11.1 Å². The zero-order valence-corrected chi connectivity index (χ0v) is 12.6. The molecule has 0 aliphatic heterocycles. The average Bonchev–Trinajstić information content (AvgIpc) is 2.43. The van der Waals surface area contributed by atoms with Crippen LogP contribution in [0.1, 0.15) is 34.1 Å². The van der Waals surface area contributed by atoms with E-state index in [0.29, 0.717) is 11.7 Å².